The summed E-state index contributed by atoms with van der Waals surface area (Å²) in [7, 11) is 0. The molecule has 3 fully saturated rings. The molecular formula is C35H39F3N6O3. The lowest BCUT2D eigenvalue weighted by molar-refractivity contribution is -0.142. The van der Waals surface area contributed by atoms with Crippen molar-refractivity contribution in [2.45, 2.75) is 44.9 Å². The molecule has 7 rings (SSSR count). The number of carbonyl (C=O) groups is 1. The van der Waals surface area contributed by atoms with Crippen LogP contribution in [-0.4, -0.2) is 79.0 Å². The Hall–Kier alpha value is -4.16. The van der Waals surface area contributed by atoms with Gasteiger partial charge in [-0.2, -0.15) is 23.4 Å². The first-order chi connectivity index (χ1) is 22.7. The number of fused-ring (bicyclic) bond motifs is 1. The molecule has 4 aliphatic rings. The lowest BCUT2D eigenvalue weighted by Gasteiger charge is -2.31. The Balaban J connectivity index is 1.19. The van der Waals surface area contributed by atoms with Gasteiger partial charge >= 0.3 is 6.18 Å². The van der Waals surface area contributed by atoms with Gasteiger partial charge in [0.05, 0.1) is 38.2 Å². The predicted octanol–water partition coefficient (Wildman–Crippen LogP) is 5.71. The molecule has 0 spiro atoms. The fourth-order valence-corrected chi connectivity index (χ4v) is 7.06. The van der Waals surface area contributed by atoms with Crippen LogP contribution in [0.3, 0.4) is 0 Å². The molecule has 2 saturated heterocycles. The summed E-state index contributed by atoms with van der Waals surface area (Å²) in [6.45, 7) is 7.36. The number of amides is 1. The number of rotatable bonds is 6. The van der Waals surface area contributed by atoms with E-state index in [9.17, 15) is 18.0 Å². The number of morpholine rings is 2. The van der Waals surface area contributed by atoms with Crippen LogP contribution in [0.1, 0.15) is 47.8 Å². The number of carbonyl (C=O) groups excluding carboxylic acids is 1. The minimum absolute atomic E-state index is 0.0368. The summed E-state index contributed by atoms with van der Waals surface area (Å²) in [5.74, 6) is -0.437. The zero-order valence-electron chi connectivity index (χ0n) is 26.5. The van der Waals surface area contributed by atoms with Gasteiger partial charge in [0.15, 0.2) is 5.69 Å². The Morgan fingerprint density at radius 2 is 1.51 bits per heavy atom. The van der Waals surface area contributed by atoms with Crippen LogP contribution in [0.4, 0.5) is 24.5 Å². The van der Waals surface area contributed by atoms with Crippen molar-refractivity contribution in [3.63, 3.8) is 0 Å². The summed E-state index contributed by atoms with van der Waals surface area (Å²) in [6, 6.07) is 17.3. The summed E-state index contributed by atoms with van der Waals surface area (Å²) in [4.78, 5) is 18.5. The Labute approximate surface area is 272 Å². The van der Waals surface area contributed by atoms with Crippen molar-refractivity contribution in [3.05, 3.63) is 82.7 Å². The van der Waals surface area contributed by atoms with Gasteiger partial charge in [-0.1, -0.05) is 24.3 Å². The van der Waals surface area contributed by atoms with Gasteiger partial charge in [-0.25, -0.2) is 5.01 Å². The minimum Gasteiger partial charge on any atom is -0.378 e. The number of hydrogen-bond donors (Lipinski definition) is 0. The Morgan fingerprint density at radius 3 is 2.09 bits per heavy atom. The second-order valence-electron chi connectivity index (χ2n) is 12.5. The second-order valence-corrected chi connectivity index (χ2v) is 12.5. The molecule has 1 aliphatic carbocycles. The van der Waals surface area contributed by atoms with Gasteiger partial charge in [-0.3, -0.25) is 9.48 Å². The molecular weight excluding hydrogens is 609 g/mol. The number of halogens is 3. The van der Waals surface area contributed by atoms with E-state index in [-0.39, 0.29) is 24.2 Å². The predicted molar refractivity (Wildman–Crippen MR) is 173 cm³/mol. The van der Waals surface area contributed by atoms with Crippen LogP contribution in [0.2, 0.25) is 0 Å². The van der Waals surface area contributed by atoms with E-state index in [1.807, 2.05) is 0 Å². The molecule has 1 aromatic heterocycles. The first-order valence-corrected chi connectivity index (χ1v) is 16.3. The molecule has 0 bridgehead atoms. The Kier molecular flexibility index (Phi) is 8.80. The third-order valence-corrected chi connectivity index (χ3v) is 9.53. The van der Waals surface area contributed by atoms with Gasteiger partial charge in [-0.15, -0.1) is 0 Å². The third-order valence-electron chi connectivity index (χ3n) is 9.53. The fourth-order valence-electron chi connectivity index (χ4n) is 7.06. The number of aromatic nitrogens is 2. The monoisotopic (exact) mass is 648 g/mol. The van der Waals surface area contributed by atoms with Gasteiger partial charge in [0.2, 0.25) is 0 Å². The minimum atomic E-state index is -4.59. The van der Waals surface area contributed by atoms with Crippen LogP contribution in [0.25, 0.3) is 6.08 Å². The topological polar surface area (TPSA) is 75.4 Å². The molecule has 2 atom stereocenters. The summed E-state index contributed by atoms with van der Waals surface area (Å²) >= 11 is 0. The number of allylic oxidation sites excluding steroid dienone is 1. The molecule has 3 aromatic rings. The van der Waals surface area contributed by atoms with Crippen LogP contribution < -0.4 is 9.80 Å². The van der Waals surface area contributed by atoms with Gasteiger partial charge in [0.1, 0.15) is 6.54 Å². The van der Waals surface area contributed by atoms with Crippen molar-refractivity contribution in [2.75, 3.05) is 62.4 Å². The molecule has 0 N–H and O–H groups in total. The smallest absolute Gasteiger partial charge is 0.378 e. The number of anilines is 2. The molecule has 248 valence electrons. The lowest BCUT2D eigenvalue weighted by atomic mass is 9.77. The van der Waals surface area contributed by atoms with Gasteiger partial charge in [-0.05, 0) is 79.3 Å². The van der Waals surface area contributed by atoms with Crippen molar-refractivity contribution >= 4 is 29.1 Å². The third kappa shape index (κ3) is 6.66. The van der Waals surface area contributed by atoms with E-state index in [4.69, 9.17) is 14.6 Å². The second kappa shape index (κ2) is 13.2. The summed E-state index contributed by atoms with van der Waals surface area (Å²) in [5, 5.41) is 10.2. The van der Waals surface area contributed by atoms with Crippen LogP contribution in [-0.2, 0) is 27.0 Å². The highest BCUT2D eigenvalue weighted by atomic mass is 19.4. The van der Waals surface area contributed by atoms with Crippen molar-refractivity contribution < 1.29 is 27.4 Å². The van der Waals surface area contributed by atoms with E-state index in [1.54, 1.807) is 0 Å². The molecule has 4 heterocycles. The molecule has 3 aliphatic heterocycles. The maximum absolute atomic E-state index is 13.9. The van der Waals surface area contributed by atoms with E-state index in [1.165, 1.54) is 11.9 Å². The van der Waals surface area contributed by atoms with Crippen LogP contribution in [0.15, 0.2) is 65.3 Å². The average Bonchev–Trinajstić information content (AvgIpc) is 3.67. The summed E-state index contributed by atoms with van der Waals surface area (Å²) in [6.07, 6.45) is 0.197. The van der Waals surface area contributed by atoms with E-state index in [0.29, 0.717) is 13.2 Å². The number of alkyl halides is 3. The van der Waals surface area contributed by atoms with Crippen LogP contribution in [0, 0.1) is 12.8 Å². The standard InChI is InChI=1S/C35H39F3N6O3/c1-24-21-31(35(36,37)38)39-43(24)23-32(45)44-34(26-7-11-29(12-8-26)42-15-19-47-20-16-42)30-4-2-3-27(33(30)40-44)22-25-5-9-28(10-6-25)41-13-17-46-18-14-41/h5-12,21-22,30,34H,2-4,13-20,23H2,1H3/b27-22-/t30-,34+/m0/s1. The zero-order chi connectivity index (χ0) is 32.5. The quantitative estimate of drug-likeness (QED) is 0.341. The normalized spacial score (nSPS) is 22.9. The largest absolute Gasteiger partial charge is 0.435 e. The van der Waals surface area contributed by atoms with Crippen molar-refractivity contribution in [3.8, 4) is 0 Å². The molecule has 12 heteroatoms. The fraction of sp³-hybridized carbons (Fsp3) is 0.457. The van der Waals surface area contributed by atoms with E-state index < -0.39 is 17.8 Å². The maximum atomic E-state index is 13.9. The molecule has 0 unspecified atom stereocenters. The molecule has 9 nitrogen and oxygen atoms in total. The van der Waals surface area contributed by atoms with Crippen molar-refractivity contribution in [1.82, 2.24) is 14.8 Å². The molecule has 1 saturated carbocycles. The Bertz CT molecular complexity index is 1640. The first-order valence-electron chi connectivity index (χ1n) is 16.3. The number of ether oxygens (including phenoxy) is 2. The maximum Gasteiger partial charge on any atom is 0.435 e. The number of nitrogens with zero attached hydrogens (tertiary/aromatic N) is 6. The number of hydrazone groups is 1. The van der Waals surface area contributed by atoms with E-state index in [2.05, 4.69) is 69.5 Å². The van der Waals surface area contributed by atoms with Crippen molar-refractivity contribution in [1.29, 1.82) is 0 Å². The highest BCUT2D eigenvalue weighted by molar-refractivity contribution is 6.08. The first kappa shape index (κ1) is 31.4. The zero-order valence-corrected chi connectivity index (χ0v) is 26.5. The molecule has 1 amide bonds. The van der Waals surface area contributed by atoms with Crippen LogP contribution >= 0.6 is 0 Å². The number of hydrogen-bond acceptors (Lipinski definition) is 7. The van der Waals surface area contributed by atoms with Gasteiger partial charge in [0.25, 0.3) is 5.91 Å². The van der Waals surface area contributed by atoms with Crippen molar-refractivity contribution in [2.24, 2.45) is 11.0 Å². The molecule has 0 radical (unpaired) electrons. The Morgan fingerprint density at radius 1 is 0.915 bits per heavy atom. The molecule has 2 aromatic carbocycles. The van der Waals surface area contributed by atoms with Gasteiger partial charge < -0.3 is 19.3 Å². The highest BCUT2D eigenvalue weighted by Crippen LogP contribution is 2.45. The SMILES string of the molecule is Cc1cc(C(F)(F)F)nn1CC(=O)N1N=C2/C(=C\c3ccc(N4CCOCC4)cc3)CCC[C@@H]2[C@H]1c1ccc(N2CCOCC2)cc1. The highest BCUT2D eigenvalue weighted by Gasteiger charge is 2.44. The molecule has 47 heavy (non-hydrogen) atoms. The number of aryl methyl sites for hydroxylation is 1. The summed E-state index contributed by atoms with van der Waals surface area (Å²) in [5.41, 5.74) is 5.47. The lowest BCUT2D eigenvalue weighted by Crippen LogP contribution is -2.36. The average molecular weight is 649 g/mol. The van der Waals surface area contributed by atoms with E-state index in [0.717, 1.165) is 103 Å². The summed E-state index contributed by atoms with van der Waals surface area (Å²) < 4.78 is 52.3. The number of benzene rings is 2. The van der Waals surface area contributed by atoms with Crippen LogP contribution in [0.5, 0.6) is 0 Å². The van der Waals surface area contributed by atoms with E-state index >= 15 is 0 Å². The van der Waals surface area contributed by atoms with Gasteiger partial charge in [0, 0.05) is 49.2 Å².